The molecule has 0 saturated carbocycles. The maximum atomic E-state index is 12.5. The number of piperazine rings is 1. The van der Waals surface area contributed by atoms with Crippen molar-refractivity contribution >= 4 is 11.6 Å². The number of carbonyl (C=O) groups excluding carboxylic acids is 1. The third kappa shape index (κ3) is 3.13. The van der Waals surface area contributed by atoms with E-state index in [1.807, 2.05) is 0 Å². The van der Waals surface area contributed by atoms with Crippen molar-refractivity contribution < 1.29 is 4.79 Å². The molecule has 0 atom stereocenters. The SMILES string of the molecule is Cc1cccc(N2CCN(C(=O)c3cc(=O)cc[nH]3)CC2)c1C. The molecule has 1 aromatic heterocycles. The van der Waals surface area contributed by atoms with Crippen molar-refractivity contribution in [3.63, 3.8) is 0 Å². The first-order chi connectivity index (χ1) is 11.1. The molecule has 0 bridgehead atoms. The third-order valence-electron chi connectivity index (χ3n) is 4.49. The lowest BCUT2D eigenvalue weighted by Gasteiger charge is -2.37. The molecule has 5 nitrogen and oxygen atoms in total. The van der Waals surface area contributed by atoms with Gasteiger partial charge in [0.25, 0.3) is 5.91 Å². The zero-order chi connectivity index (χ0) is 16.4. The van der Waals surface area contributed by atoms with E-state index in [0.29, 0.717) is 18.8 Å². The third-order valence-corrected chi connectivity index (χ3v) is 4.49. The van der Waals surface area contributed by atoms with Gasteiger partial charge in [-0.1, -0.05) is 12.1 Å². The van der Waals surface area contributed by atoms with Gasteiger partial charge in [-0.25, -0.2) is 0 Å². The van der Waals surface area contributed by atoms with Crippen LogP contribution in [0.4, 0.5) is 5.69 Å². The van der Waals surface area contributed by atoms with Crippen molar-refractivity contribution in [1.29, 1.82) is 0 Å². The molecule has 0 spiro atoms. The van der Waals surface area contributed by atoms with E-state index in [1.54, 1.807) is 4.90 Å². The summed E-state index contributed by atoms with van der Waals surface area (Å²) in [6, 6.07) is 9.09. The van der Waals surface area contributed by atoms with Crippen LogP contribution < -0.4 is 10.3 Å². The maximum absolute atomic E-state index is 12.5. The number of aromatic nitrogens is 1. The molecule has 1 saturated heterocycles. The van der Waals surface area contributed by atoms with Gasteiger partial charge in [-0.05, 0) is 31.0 Å². The fraction of sp³-hybridized carbons (Fsp3) is 0.333. The van der Waals surface area contributed by atoms with Crippen molar-refractivity contribution in [1.82, 2.24) is 9.88 Å². The molecule has 5 heteroatoms. The number of amides is 1. The number of hydrogen-bond donors (Lipinski definition) is 1. The zero-order valence-electron chi connectivity index (χ0n) is 13.5. The molecule has 1 aliphatic heterocycles. The number of nitrogens with zero attached hydrogens (tertiary/aromatic N) is 2. The summed E-state index contributed by atoms with van der Waals surface area (Å²) in [5.41, 5.74) is 4.02. The summed E-state index contributed by atoms with van der Waals surface area (Å²) in [5.74, 6) is -0.108. The van der Waals surface area contributed by atoms with E-state index in [1.165, 1.54) is 35.1 Å². The standard InChI is InChI=1S/C18H21N3O2/c1-13-4-3-5-17(14(13)2)20-8-10-21(11-9-20)18(23)16-12-15(22)6-7-19-16/h3-7,12H,8-11H2,1-2H3,(H,19,22). The number of nitrogens with one attached hydrogen (secondary N) is 1. The Morgan fingerprint density at radius 1 is 1.09 bits per heavy atom. The Labute approximate surface area is 135 Å². The van der Waals surface area contributed by atoms with Gasteiger partial charge in [0.1, 0.15) is 5.69 Å². The van der Waals surface area contributed by atoms with Crippen LogP contribution in [0.15, 0.2) is 41.3 Å². The number of H-pyrrole nitrogens is 1. The lowest BCUT2D eigenvalue weighted by molar-refractivity contribution is 0.0740. The van der Waals surface area contributed by atoms with Crippen LogP contribution in [0.1, 0.15) is 21.6 Å². The average Bonchev–Trinajstić information content (AvgIpc) is 2.57. The molecule has 0 radical (unpaired) electrons. The lowest BCUT2D eigenvalue weighted by Crippen LogP contribution is -2.49. The van der Waals surface area contributed by atoms with E-state index >= 15 is 0 Å². The second-order valence-electron chi connectivity index (χ2n) is 5.94. The van der Waals surface area contributed by atoms with Crippen LogP contribution in [0.3, 0.4) is 0 Å². The largest absolute Gasteiger partial charge is 0.368 e. The quantitative estimate of drug-likeness (QED) is 0.922. The van der Waals surface area contributed by atoms with Gasteiger partial charge in [0.2, 0.25) is 0 Å². The fourth-order valence-electron chi connectivity index (χ4n) is 2.97. The summed E-state index contributed by atoms with van der Waals surface area (Å²) in [6.45, 7) is 7.16. The van der Waals surface area contributed by atoms with Gasteiger partial charge in [0, 0.05) is 50.2 Å². The molecular weight excluding hydrogens is 290 g/mol. The normalized spacial score (nSPS) is 14.9. The first-order valence-corrected chi connectivity index (χ1v) is 7.85. The summed E-state index contributed by atoms with van der Waals surface area (Å²) >= 11 is 0. The molecule has 23 heavy (non-hydrogen) atoms. The van der Waals surface area contributed by atoms with Gasteiger partial charge in [-0.2, -0.15) is 0 Å². The monoisotopic (exact) mass is 311 g/mol. The number of hydrogen-bond acceptors (Lipinski definition) is 3. The Kier molecular flexibility index (Phi) is 4.19. The first-order valence-electron chi connectivity index (χ1n) is 7.85. The number of aryl methyl sites for hydroxylation is 1. The van der Waals surface area contributed by atoms with Gasteiger partial charge < -0.3 is 14.8 Å². The number of aromatic amines is 1. The van der Waals surface area contributed by atoms with Gasteiger partial charge in [0.15, 0.2) is 5.43 Å². The second kappa shape index (κ2) is 6.28. The van der Waals surface area contributed by atoms with E-state index in [0.717, 1.165) is 13.1 Å². The minimum atomic E-state index is -0.152. The molecule has 1 amide bonds. The minimum absolute atomic E-state index is 0.108. The molecule has 120 valence electrons. The summed E-state index contributed by atoms with van der Waals surface area (Å²) in [5, 5.41) is 0. The molecule has 3 rings (SSSR count). The van der Waals surface area contributed by atoms with E-state index in [-0.39, 0.29) is 11.3 Å². The van der Waals surface area contributed by atoms with Crippen LogP contribution in [0.25, 0.3) is 0 Å². The molecule has 0 unspecified atom stereocenters. The van der Waals surface area contributed by atoms with Crippen molar-refractivity contribution in [2.75, 3.05) is 31.1 Å². The summed E-state index contributed by atoms with van der Waals surface area (Å²) in [6.07, 6.45) is 1.52. The highest BCUT2D eigenvalue weighted by Gasteiger charge is 2.23. The van der Waals surface area contributed by atoms with Gasteiger partial charge in [-0.3, -0.25) is 9.59 Å². The Balaban J connectivity index is 1.70. The van der Waals surface area contributed by atoms with Crippen LogP contribution in [-0.4, -0.2) is 42.0 Å². The summed E-state index contributed by atoms with van der Waals surface area (Å²) < 4.78 is 0. The number of anilines is 1. The summed E-state index contributed by atoms with van der Waals surface area (Å²) in [7, 11) is 0. The van der Waals surface area contributed by atoms with Crippen molar-refractivity contribution in [2.45, 2.75) is 13.8 Å². The van der Waals surface area contributed by atoms with Gasteiger partial charge in [0.05, 0.1) is 0 Å². The topological polar surface area (TPSA) is 56.4 Å². The Hall–Kier alpha value is -2.56. The van der Waals surface area contributed by atoms with Crippen LogP contribution in [-0.2, 0) is 0 Å². The van der Waals surface area contributed by atoms with Crippen molar-refractivity contribution in [2.24, 2.45) is 0 Å². The molecule has 0 aliphatic carbocycles. The smallest absolute Gasteiger partial charge is 0.270 e. The Morgan fingerprint density at radius 3 is 2.52 bits per heavy atom. The molecule has 1 N–H and O–H groups in total. The number of carbonyl (C=O) groups is 1. The highest BCUT2D eigenvalue weighted by Crippen LogP contribution is 2.24. The molecule has 1 aromatic carbocycles. The molecule has 2 aromatic rings. The van der Waals surface area contributed by atoms with Crippen LogP contribution in [0.2, 0.25) is 0 Å². The maximum Gasteiger partial charge on any atom is 0.270 e. The Bertz CT molecular complexity index is 774. The van der Waals surface area contributed by atoms with E-state index in [4.69, 9.17) is 0 Å². The van der Waals surface area contributed by atoms with Crippen LogP contribution in [0.5, 0.6) is 0 Å². The van der Waals surface area contributed by atoms with Crippen LogP contribution >= 0.6 is 0 Å². The number of benzene rings is 1. The number of rotatable bonds is 2. The lowest BCUT2D eigenvalue weighted by atomic mass is 10.1. The Morgan fingerprint density at radius 2 is 1.83 bits per heavy atom. The molecule has 1 aliphatic rings. The minimum Gasteiger partial charge on any atom is -0.368 e. The van der Waals surface area contributed by atoms with E-state index in [9.17, 15) is 9.59 Å². The average molecular weight is 311 g/mol. The zero-order valence-corrected chi connectivity index (χ0v) is 13.5. The fourth-order valence-corrected chi connectivity index (χ4v) is 2.97. The van der Waals surface area contributed by atoms with E-state index in [2.05, 4.69) is 41.9 Å². The predicted octanol–water partition coefficient (Wildman–Crippen LogP) is 1.95. The van der Waals surface area contributed by atoms with Crippen molar-refractivity contribution in [3.05, 3.63) is 63.6 Å². The number of pyridine rings is 1. The molecular formula is C18H21N3O2. The first kappa shape index (κ1) is 15.3. The highest BCUT2D eigenvalue weighted by molar-refractivity contribution is 5.92. The predicted molar refractivity (Wildman–Crippen MR) is 91.1 cm³/mol. The van der Waals surface area contributed by atoms with Gasteiger partial charge >= 0.3 is 0 Å². The second-order valence-corrected chi connectivity index (χ2v) is 5.94. The summed E-state index contributed by atoms with van der Waals surface area (Å²) in [4.78, 5) is 30.8. The molecule has 2 heterocycles. The van der Waals surface area contributed by atoms with Gasteiger partial charge in [-0.15, -0.1) is 0 Å². The van der Waals surface area contributed by atoms with E-state index < -0.39 is 0 Å². The molecule has 1 fully saturated rings. The van der Waals surface area contributed by atoms with Crippen LogP contribution in [0, 0.1) is 13.8 Å². The van der Waals surface area contributed by atoms with Crippen molar-refractivity contribution in [3.8, 4) is 0 Å². The highest BCUT2D eigenvalue weighted by atomic mass is 16.2.